The first-order chi connectivity index (χ1) is 10.1. The normalized spacial score (nSPS) is 10.8. The molecular weight excluding hydrogens is 262 g/mol. The van der Waals surface area contributed by atoms with Crippen LogP contribution in [0.15, 0.2) is 36.5 Å². The molecule has 0 amide bonds. The molecule has 5 heteroatoms. The molecule has 3 aromatic rings. The van der Waals surface area contributed by atoms with Gasteiger partial charge < -0.3 is 5.32 Å². The van der Waals surface area contributed by atoms with E-state index in [9.17, 15) is 0 Å². The van der Waals surface area contributed by atoms with Crippen molar-refractivity contribution in [3.8, 4) is 11.3 Å². The molecule has 0 aliphatic carbocycles. The molecule has 108 valence electrons. The summed E-state index contributed by atoms with van der Waals surface area (Å²) in [5, 5.41) is 14.8. The van der Waals surface area contributed by atoms with Gasteiger partial charge in [0, 0.05) is 36.7 Å². The predicted molar refractivity (Wildman–Crippen MR) is 84.0 cm³/mol. The summed E-state index contributed by atoms with van der Waals surface area (Å²) in [6.07, 6.45) is 1.76. The van der Waals surface area contributed by atoms with E-state index < -0.39 is 0 Å². The zero-order chi connectivity index (χ0) is 14.8. The van der Waals surface area contributed by atoms with E-state index in [1.165, 1.54) is 11.3 Å². The van der Waals surface area contributed by atoms with Crippen molar-refractivity contribution in [3.05, 3.63) is 53.5 Å². The number of hydrogen-bond acceptors (Lipinski definition) is 3. The second-order valence-corrected chi connectivity index (χ2v) is 5.17. The Labute approximate surface area is 124 Å². The van der Waals surface area contributed by atoms with Crippen LogP contribution in [0.1, 0.15) is 17.0 Å². The third kappa shape index (κ3) is 2.67. The van der Waals surface area contributed by atoms with E-state index in [1.54, 1.807) is 6.20 Å². The summed E-state index contributed by atoms with van der Waals surface area (Å²) in [5.41, 5.74) is 6.80. The standard InChI is InChI=1S/C16H19N5/c1-11-15(12(2)21(3)20-11)10-17-14-6-4-13(5-7-14)16-8-9-18-19-16/h4-9,17H,10H2,1-3H3,(H,18,19). The van der Waals surface area contributed by atoms with Crippen molar-refractivity contribution in [2.75, 3.05) is 5.32 Å². The molecule has 21 heavy (non-hydrogen) atoms. The molecule has 2 N–H and O–H groups in total. The SMILES string of the molecule is Cc1nn(C)c(C)c1CNc1ccc(-c2ccn[nH]2)cc1. The van der Waals surface area contributed by atoms with Gasteiger partial charge in [0.25, 0.3) is 0 Å². The summed E-state index contributed by atoms with van der Waals surface area (Å²) in [7, 11) is 1.98. The van der Waals surface area contributed by atoms with Gasteiger partial charge in [-0.15, -0.1) is 0 Å². The Kier molecular flexibility index (Phi) is 3.48. The van der Waals surface area contributed by atoms with E-state index in [4.69, 9.17) is 0 Å². The van der Waals surface area contributed by atoms with Gasteiger partial charge in [-0.3, -0.25) is 9.78 Å². The van der Waals surface area contributed by atoms with Crippen LogP contribution in [0.5, 0.6) is 0 Å². The maximum absolute atomic E-state index is 4.44. The van der Waals surface area contributed by atoms with Gasteiger partial charge in [-0.2, -0.15) is 10.2 Å². The number of aromatic amines is 1. The lowest BCUT2D eigenvalue weighted by Crippen LogP contribution is -2.02. The van der Waals surface area contributed by atoms with Crippen molar-refractivity contribution in [1.29, 1.82) is 0 Å². The van der Waals surface area contributed by atoms with Crippen molar-refractivity contribution < 1.29 is 0 Å². The first-order valence-electron chi connectivity index (χ1n) is 6.98. The molecular formula is C16H19N5. The van der Waals surface area contributed by atoms with Crippen molar-refractivity contribution in [2.24, 2.45) is 7.05 Å². The van der Waals surface area contributed by atoms with Gasteiger partial charge >= 0.3 is 0 Å². The van der Waals surface area contributed by atoms with Crippen molar-refractivity contribution >= 4 is 5.69 Å². The Bertz CT molecular complexity index is 723. The van der Waals surface area contributed by atoms with E-state index in [-0.39, 0.29) is 0 Å². The Morgan fingerprint density at radius 1 is 1.14 bits per heavy atom. The Hall–Kier alpha value is -2.56. The highest BCUT2D eigenvalue weighted by molar-refractivity contribution is 5.62. The van der Waals surface area contributed by atoms with Crippen molar-refractivity contribution in [3.63, 3.8) is 0 Å². The Morgan fingerprint density at radius 2 is 1.90 bits per heavy atom. The molecule has 0 saturated carbocycles. The molecule has 3 rings (SSSR count). The lowest BCUT2D eigenvalue weighted by atomic mass is 10.1. The molecule has 0 spiro atoms. The summed E-state index contributed by atoms with van der Waals surface area (Å²) in [4.78, 5) is 0. The molecule has 0 aliphatic rings. The van der Waals surface area contributed by atoms with E-state index in [1.807, 2.05) is 24.7 Å². The van der Waals surface area contributed by atoms with E-state index >= 15 is 0 Å². The zero-order valence-corrected chi connectivity index (χ0v) is 12.5. The summed E-state index contributed by atoms with van der Waals surface area (Å²) in [5.74, 6) is 0. The molecule has 2 aromatic heterocycles. The molecule has 0 atom stereocenters. The summed E-state index contributed by atoms with van der Waals surface area (Å²) < 4.78 is 1.92. The highest BCUT2D eigenvalue weighted by Crippen LogP contribution is 2.20. The minimum atomic E-state index is 0.787. The Morgan fingerprint density at radius 3 is 2.48 bits per heavy atom. The van der Waals surface area contributed by atoms with Crippen LogP contribution in [0, 0.1) is 13.8 Å². The second-order valence-electron chi connectivity index (χ2n) is 5.17. The fourth-order valence-corrected chi connectivity index (χ4v) is 2.45. The van der Waals surface area contributed by atoms with Crippen LogP contribution < -0.4 is 5.32 Å². The molecule has 0 saturated heterocycles. The first kappa shape index (κ1) is 13.4. The zero-order valence-electron chi connectivity index (χ0n) is 12.5. The van der Waals surface area contributed by atoms with Gasteiger partial charge in [0.2, 0.25) is 0 Å². The molecule has 0 aliphatic heterocycles. The number of H-pyrrole nitrogens is 1. The molecule has 0 radical (unpaired) electrons. The van der Waals surface area contributed by atoms with Crippen LogP contribution in [0.3, 0.4) is 0 Å². The third-order valence-electron chi connectivity index (χ3n) is 3.82. The monoisotopic (exact) mass is 281 g/mol. The molecule has 1 aromatic carbocycles. The molecule has 0 unspecified atom stereocenters. The maximum Gasteiger partial charge on any atom is 0.0650 e. The Balaban J connectivity index is 1.71. The quantitative estimate of drug-likeness (QED) is 0.772. The number of hydrogen-bond donors (Lipinski definition) is 2. The number of aryl methyl sites for hydroxylation is 2. The second kappa shape index (κ2) is 5.44. The average Bonchev–Trinajstić information content (AvgIpc) is 3.09. The first-order valence-corrected chi connectivity index (χ1v) is 6.98. The number of nitrogens with one attached hydrogen (secondary N) is 2. The van der Waals surface area contributed by atoms with Gasteiger partial charge in [-0.1, -0.05) is 12.1 Å². The third-order valence-corrected chi connectivity index (χ3v) is 3.82. The van der Waals surface area contributed by atoms with Crippen LogP contribution in [-0.2, 0) is 13.6 Å². The average molecular weight is 281 g/mol. The van der Waals surface area contributed by atoms with Gasteiger partial charge in [0.1, 0.15) is 0 Å². The number of anilines is 1. The summed E-state index contributed by atoms with van der Waals surface area (Å²) in [6.45, 7) is 4.93. The summed E-state index contributed by atoms with van der Waals surface area (Å²) >= 11 is 0. The van der Waals surface area contributed by atoms with Crippen LogP contribution >= 0.6 is 0 Å². The fraction of sp³-hybridized carbons (Fsp3) is 0.250. The molecule has 0 fully saturated rings. The predicted octanol–water partition coefficient (Wildman–Crippen LogP) is 3.04. The topological polar surface area (TPSA) is 58.5 Å². The molecule has 0 bridgehead atoms. The maximum atomic E-state index is 4.44. The van der Waals surface area contributed by atoms with Gasteiger partial charge in [0.15, 0.2) is 0 Å². The molecule has 5 nitrogen and oxygen atoms in total. The molecule has 2 heterocycles. The highest BCUT2D eigenvalue weighted by atomic mass is 15.3. The van der Waals surface area contributed by atoms with E-state index in [0.717, 1.165) is 29.2 Å². The number of benzene rings is 1. The highest BCUT2D eigenvalue weighted by Gasteiger charge is 2.08. The number of nitrogens with zero attached hydrogens (tertiary/aromatic N) is 3. The van der Waals surface area contributed by atoms with Crippen LogP contribution in [-0.4, -0.2) is 20.0 Å². The number of aromatic nitrogens is 4. The van der Waals surface area contributed by atoms with Gasteiger partial charge in [-0.05, 0) is 37.6 Å². The smallest absolute Gasteiger partial charge is 0.0650 e. The van der Waals surface area contributed by atoms with E-state index in [0.29, 0.717) is 0 Å². The van der Waals surface area contributed by atoms with Crippen LogP contribution in [0.2, 0.25) is 0 Å². The lowest BCUT2D eigenvalue weighted by Gasteiger charge is -2.08. The fourth-order valence-electron chi connectivity index (χ4n) is 2.45. The van der Waals surface area contributed by atoms with E-state index in [2.05, 4.69) is 51.8 Å². The van der Waals surface area contributed by atoms with Crippen molar-refractivity contribution in [1.82, 2.24) is 20.0 Å². The number of rotatable bonds is 4. The van der Waals surface area contributed by atoms with Crippen molar-refractivity contribution in [2.45, 2.75) is 20.4 Å². The largest absolute Gasteiger partial charge is 0.381 e. The van der Waals surface area contributed by atoms with Crippen LogP contribution in [0.4, 0.5) is 5.69 Å². The minimum Gasteiger partial charge on any atom is -0.381 e. The lowest BCUT2D eigenvalue weighted by molar-refractivity contribution is 0.730. The van der Waals surface area contributed by atoms with Gasteiger partial charge in [-0.25, -0.2) is 0 Å². The van der Waals surface area contributed by atoms with Crippen LogP contribution in [0.25, 0.3) is 11.3 Å². The van der Waals surface area contributed by atoms with Gasteiger partial charge in [0.05, 0.1) is 11.4 Å². The summed E-state index contributed by atoms with van der Waals surface area (Å²) in [6, 6.07) is 10.3. The minimum absolute atomic E-state index is 0.787.